The molecule has 0 atom stereocenters. The fourth-order valence-electron chi connectivity index (χ4n) is 3.23. The lowest BCUT2D eigenvalue weighted by atomic mass is 9.88. The van der Waals surface area contributed by atoms with Crippen molar-refractivity contribution in [2.75, 3.05) is 18.8 Å². The molecule has 2 rings (SSSR count). The summed E-state index contributed by atoms with van der Waals surface area (Å²) in [5.74, 6) is 0.0595. The smallest absolute Gasteiger partial charge is 0.325 e. The molecule has 1 heterocycles. The first kappa shape index (κ1) is 21.6. The number of benzene rings is 1. The SMILES string of the molecule is CCCC1(CCC)NC(=O)N(CC(=O)NCCSc2ccc(Cl)cc2)C1=O. The van der Waals surface area contributed by atoms with E-state index >= 15 is 0 Å². The van der Waals surface area contributed by atoms with Crippen molar-refractivity contribution in [1.82, 2.24) is 15.5 Å². The summed E-state index contributed by atoms with van der Waals surface area (Å²) in [7, 11) is 0. The highest BCUT2D eigenvalue weighted by molar-refractivity contribution is 7.99. The molecule has 0 spiro atoms. The third-order valence-electron chi connectivity index (χ3n) is 4.41. The number of thioether (sulfide) groups is 1. The van der Waals surface area contributed by atoms with E-state index in [2.05, 4.69) is 10.6 Å². The second-order valence-electron chi connectivity index (χ2n) is 6.56. The highest BCUT2D eigenvalue weighted by Gasteiger charge is 2.50. The zero-order chi connectivity index (χ0) is 19.9. The number of hydrogen-bond acceptors (Lipinski definition) is 4. The summed E-state index contributed by atoms with van der Waals surface area (Å²) < 4.78 is 0. The van der Waals surface area contributed by atoms with Gasteiger partial charge in [0.2, 0.25) is 5.91 Å². The lowest BCUT2D eigenvalue weighted by Gasteiger charge is -2.25. The maximum Gasteiger partial charge on any atom is 0.325 e. The van der Waals surface area contributed by atoms with Crippen LogP contribution in [0.25, 0.3) is 0 Å². The molecule has 0 bridgehead atoms. The lowest BCUT2D eigenvalue weighted by Crippen LogP contribution is -2.47. The van der Waals surface area contributed by atoms with Crippen LogP contribution in [0, 0.1) is 0 Å². The quantitative estimate of drug-likeness (QED) is 0.351. The monoisotopic (exact) mass is 411 g/mol. The first-order chi connectivity index (χ1) is 12.9. The highest BCUT2D eigenvalue weighted by atomic mass is 35.5. The van der Waals surface area contributed by atoms with Gasteiger partial charge in [0, 0.05) is 22.2 Å². The van der Waals surface area contributed by atoms with Crippen LogP contribution in [-0.2, 0) is 9.59 Å². The van der Waals surface area contributed by atoms with Crippen molar-refractivity contribution >= 4 is 41.2 Å². The Kier molecular flexibility index (Phi) is 7.98. The Morgan fingerprint density at radius 3 is 2.41 bits per heavy atom. The van der Waals surface area contributed by atoms with Crippen LogP contribution in [0.4, 0.5) is 4.79 Å². The Morgan fingerprint density at radius 1 is 1.19 bits per heavy atom. The topological polar surface area (TPSA) is 78.5 Å². The Morgan fingerprint density at radius 2 is 1.81 bits per heavy atom. The molecule has 1 aliphatic rings. The molecule has 1 aliphatic heterocycles. The number of imide groups is 1. The van der Waals surface area contributed by atoms with Crippen LogP contribution in [0.2, 0.25) is 5.02 Å². The molecule has 8 heteroatoms. The molecule has 1 fully saturated rings. The third kappa shape index (κ3) is 5.62. The number of halogens is 1. The van der Waals surface area contributed by atoms with Gasteiger partial charge in [0.15, 0.2) is 0 Å². The average molecular weight is 412 g/mol. The van der Waals surface area contributed by atoms with Crippen LogP contribution in [0.5, 0.6) is 0 Å². The minimum absolute atomic E-state index is 0.245. The largest absolute Gasteiger partial charge is 0.354 e. The number of nitrogens with zero attached hydrogens (tertiary/aromatic N) is 1. The highest BCUT2D eigenvalue weighted by Crippen LogP contribution is 2.27. The van der Waals surface area contributed by atoms with Gasteiger partial charge in [0.05, 0.1) is 0 Å². The fraction of sp³-hybridized carbons (Fsp3) is 0.526. The van der Waals surface area contributed by atoms with Crippen LogP contribution < -0.4 is 10.6 Å². The summed E-state index contributed by atoms with van der Waals surface area (Å²) in [5, 5.41) is 6.26. The molecule has 0 saturated carbocycles. The molecular formula is C19H26ClN3O3S. The van der Waals surface area contributed by atoms with Crippen molar-refractivity contribution in [3.05, 3.63) is 29.3 Å². The van der Waals surface area contributed by atoms with Gasteiger partial charge in [0.25, 0.3) is 5.91 Å². The zero-order valence-electron chi connectivity index (χ0n) is 15.7. The number of nitrogens with one attached hydrogen (secondary N) is 2. The molecule has 1 aromatic carbocycles. The summed E-state index contributed by atoms with van der Waals surface area (Å²) in [6.07, 6.45) is 2.74. The molecule has 1 saturated heterocycles. The number of carbonyl (C=O) groups is 3. The van der Waals surface area contributed by atoms with Crippen LogP contribution in [0.15, 0.2) is 29.2 Å². The van der Waals surface area contributed by atoms with Crippen LogP contribution >= 0.6 is 23.4 Å². The van der Waals surface area contributed by atoms with Crippen molar-refractivity contribution in [1.29, 1.82) is 0 Å². The summed E-state index contributed by atoms with van der Waals surface area (Å²) in [6.45, 7) is 4.16. The predicted molar refractivity (Wildman–Crippen MR) is 108 cm³/mol. The summed E-state index contributed by atoms with van der Waals surface area (Å²) >= 11 is 7.44. The molecule has 148 valence electrons. The number of urea groups is 1. The Labute approximate surface area is 169 Å². The first-order valence-electron chi connectivity index (χ1n) is 9.21. The van der Waals surface area contributed by atoms with Gasteiger partial charge < -0.3 is 10.6 Å². The van der Waals surface area contributed by atoms with Crippen molar-refractivity contribution in [3.8, 4) is 0 Å². The van der Waals surface area contributed by atoms with Crippen LogP contribution in [0.3, 0.4) is 0 Å². The van der Waals surface area contributed by atoms with E-state index in [1.165, 1.54) is 0 Å². The summed E-state index contributed by atoms with van der Waals surface area (Å²) in [6, 6.07) is 7.00. The Hall–Kier alpha value is -1.73. The number of amides is 4. The molecule has 0 radical (unpaired) electrons. The van der Waals surface area contributed by atoms with Gasteiger partial charge in [-0.1, -0.05) is 38.3 Å². The molecule has 0 aromatic heterocycles. The second kappa shape index (κ2) is 9.99. The van der Waals surface area contributed by atoms with E-state index < -0.39 is 11.6 Å². The minimum atomic E-state index is -0.856. The molecule has 6 nitrogen and oxygen atoms in total. The van der Waals surface area contributed by atoms with Gasteiger partial charge in [-0.05, 0) is 37.1 Å². The maximum atomic E-state index is 12.7. The van der Waals surface area contributed by atoms with Crippen molar-refractivity contribution in [2.24, 2.45) is 0 Å². The second-order valence-corrected chi connectivity index (χ2v) is 8.16. The van der Waals surface area contributed by atoms with Gasteiger partial charge in [0.1, 0.15) is 12.1 Å². The van der Waals surface area contributed by atoms with E-state index in [9.17, 15) is 14.4 Å². The van der Waals surface area contributed by atoms with Gasteiger partial charge in [-0.2, -0.15) is 0 Å². The average Bonchev–Trinajstić information content (AvgIpc) is 2.85. The summed E-state index contributed by atoms with van der Waals surface area (Å²) in [4.78, 5) is 39.2. The number of carbonyl (C=O) groups excluding carboxylic acids is 3. The minimum Gasteiger partial charge on any atom is -0.354 e. The van der Waals surface area contributed by atoms with Crippen LogP contribution in [-0.4, -0.2) is 47.1 Å². The van der Waals surface area contributed by atoms with Gasteiger partial charge in [-0.15, -0.1) is 11.8 Å². The molecule has 4 amide bonds. The predicted octanol–water partition coefficient (Wildman–Crippen LogP) is 3.44. The van der Waals surface area contributed by atoms with E-state index in [1.54, 1.807) is 11.8 Å². The number of hydrogen-bond donors (Lipinski definition) is 2. The molecular weight excluding hydrogens is 386 g/mol. The van der Waals surface area contributed by atoms with Crippen LogP contribution in [0.1, 0.15) is 39.5 Å². The number of rotatable bonds is 10. The normalized spacial score (nSPS) is 15.7. The molecule has 2 N–H and O–H groups in total. The van der Waals surface area contributed by atoms with Gasteiger partial charge in [-0.25, -0.2) is 4.79 Å². The van der Waals surface area contributed by atoms with Crippen molar-refractivity contribution < 1.29 is 14.4 Å². The fourth-order valence-corrected chi connectivity index (χ4v) is 4.12. The van der Waals surface area contributed by atoms with E-state index in [0.29, 0.717) is 30.2 Å². The molecule has 0 unspecified atom stereocenters. The van der Waals surface area contributed by atoms with E-state index in [-0.39, 0.29) is 18.4 Å². The van der Waals surface area contributed by atoms with E-state index in [1.807, 2.05) is 38.1 Å². The lowest BCUT2D eigenvalue weighted by molar-refractivity contribution is -0.135. The molecule has 1 aromatic rings. The summed E-state index contributed by atoms with van der Waals surface area (Å²) in [5.41, 5.74) is -0.856. The van der Waals surface area contributed by atoms with Crippen molar-refractivity contribution in [2.45, 2.75) is 50.0 Å². The van der Waals surface area contributed by atoms with Crippen molar-refractivity contribution in [3.63, 3.8) is 0 Å². The van der Waals surface area contributed by atoms with E-state index in [0.717, 1.165) is 22.6 Å². The van der Waals surface area contributed by atoms with E-state index in [4.69, 9.17) is 11.6 Å². The zero-order valence-corrected chi connectivity index (χ0v) is 17.3. The standard InChI is InChI=1S/C19H26ClN3O3S/c1-3-9-19(10-4-2)17(25)23(18(26)22-19)13-16(24)21-11-12-27-15-7-5-14(20)6-8-15/h5-8H,3-4,9-13H2,1-2H3,(H,21,24)(H,22,26). The molecule has 27 heavy (non-hydrogen) atoms. The third-order valence-corrected chi connectivity index (χ3v) is 5.67. The van der Waals surface area contributed by atoms with Gasteiger partial charge in [-0.3, -0.25) is 14.5 Å². The van der Waals surface area contributed by atoms with Gasteiger partial charge >= 0.3 is 6.03 Å². The maximum absolute atomic E-state index is 12.7. The Balaban J connectivity index is 1.81. The first-order valence-corrected chi connectivity index (χ1v) is 10.6. The molecule has 0 aliphatic carbocycles. The Bertz CT molecular complexity index is 675.